The van der Waals surface area contributed by atoms with Gasteiger partial charge in [0.05, 0.1) is 24.2 Å². The molecule has 0 fully saturated rings. The molecule has 1 aromatic carbocycles. The van der Waals surface area contributed by atoms with Crippen LogP contribution in [0.4, 0.5) is 0 Å². The first kappa shape index (κ1) is 15.3. The Kier molecular flexibility index (Phi) is 3.92. The van der Waals surface area contributed by atoms with Gasteiger partial charge in [-0.2, -0.15) is 0 Å². The normalized spacial score (nSPS) is 11.4. The van der Waals surface area contributed by atoms with Crippen LogP contribution in [0.2, 0.25) is 0 Å². The molecule has 0 radical (unpaired) electrons. The molecule has 3 aromatic rings. The van der Waals surface area contributed by atoms with Crippen LogP contribution in [0, 0.1) is 13.8 Å². The fraction of sp³-hybridized carbons (Fsp3) is 0.176. The summed E-state index contributed by atoms with van der Waals surface area (Å²) in [5.41, 5.74) is 4.66. The van der Waals surface area contributed by atoms with Crippen molar-refractivity contribution < 1.29 is 14.6 Å². The molecule has 2 heterocycles. The minimum Gasteiger partial charge on any atom is -0.496 e. The maximum atomic E-state index is 10.8. The molecular formula is C17H16N2O3S. The molecule has 0 saturated carbocycles. The Morgan fingerprint density at radius 2 is 2.17 bits per heavy atom. The molecule has 0 spiro atoms. The molecule has 0 bridgehead atoms. The van der Waals surface area contributed by atoms with Crippen LogP contribution in [0.1, 0.15) is 17.0 Å². The predicted octanol–water partition coefficient (Wildman–Crippen LogP) is 3.79. The van der Waals surface area contributed by atoms with Gasteiger partial charge in [-0.1, -0.05) is 0 Å². The van der Waals surface area contributed by atoms with Crippen LogP contribution in [-0.4, -0.2) is 27.6 Å². The number of imidazole rings is 1. The van der Waals surface area contributed by atoms with Gasteiger partial charge in [0.25, 0.3) is 0 Å². The number of thiazole rings is 1. The highest BCUT2D eigenvalue weighted by molar-refractivity contribution is 7.15. The summed E-state index contributed by atoms with van der Waals surface area (Å²) in [5.74, 6) is -0.135. The number of carboxylic acid groups (broad SMARTS) is 1. The van der Waals surface area contributed by atoms with Crippen molar-refractivity contribution in [2.24, 2.45) is 0 Å². The van der Waals surface area contributed by atoms with E-state index in [2.05, 4.69) is 11.1 Å². The average molecular weight is 328 g/mol. The predicted molar refractivity (Wildman–Crippen MR) is 91.2 cm³/mol. The van der Waals surface area contributed by atoms with E-state index in [0.29, 0.717) is 0 Å². The van der Waals surface area contributed by atoms with Gasteiger partial charge in [-0.15, -0.1) is 11.3 Å². The quantitative estimate of drug-likeness (QED) is 0.740. The lowest BCUT2D eigenvalue weighted by Crippen LogP contribution is -1.93. The minimum absolute atomic E-state index is 0.784. The molecule has 0 unspecified atom stereocenters. The number of ether oxygens (including phenoxy) is 1. The maximum Gasteiger partial charge on any atom is 0.328 e. The molecule has 3 rings (SSSR count). The average Bonchev–Trinajstić information content (AvgIpc) is 3.03. The second-order valence-electron chi connectivity index (χ2n) is 5.18. The molecule has 6 heteroatoms. The number of carbonyl (C=O) groups is 1. The Hall–Kier alpha value is -2.60. The van der Waals surface area contributed by atoms with Crippen molar-refractivity contribution in [2.75, 3.05) is 7.11 Å². The highest BCUT2D eigenvalue weighted by Gasteiger charge is 2.14. The fourth-order valence-electron chi connectivity index (χ4n) is 2.57. The van der Waals surface area contributed by atoms with Crippen molar-refractivity contribution in [3.05, 3.63) is 46.6 Å². The number of fused-ring (bicyclic) bond motifs is 1. The van der Waals surface area contributed by atoms with E-state index >= 15 is 0 Å². The number of nitrogens with zero attached hydrogens (tertiary/aromatic N) is 2. The molecule has 0 aliphatic rings. The first-order valence-electron chi connectivity index (χ1n) is 7.04. The van der Waals surface area contributed by atoms with Gasteiger partial charge >= 0.3 is 5.97 Å². The van der Waals surface area contributed by atoms with Crippen LogP contribution < -0.4 is 4.74 Å². The number of aliphatic carboxylic acids is 1. The standard InChI is InChI=1S/C17H16N2O3S/c1-10-8-12(4-6-15(10)22-3)14-9-23-17-18-11(2)13(19(14)17)5-7-16(20)21/h4-9H,1-3H3,(H,20,21)/b7-5+. The van der Waals surface area contributed by atoms with E-state index in [-0.39, 0.29) is 0 Å². The Labute approximate surface area is 137 Å². The number of methoxy groups -OCH3 is 1. The van der Waals surface area contributed by atoms with E-state index in [9.17, 15) is 4.79 Å². The van der Waals surface area contributed by atoms with Crippen molar-refractivity contribution in [1.82, 2.24) is 9.38 Å². The van der Waals surface area contributed by atoms with Gasteiger partial charge in [-0.05, 0) is 49.2 Å². The lowest BCUT2D eigenvalue weighted by molar-refractivity contribution is -0.131. The van der Waals surface area contributed by atoms with Crippen molar-refractivity contribution in [2.45, 2.75) is 13.8 Å². The summed E-state index contributed by atoms with van der Waals surface area (Å²) in [7, 11) is 1.65. The van der Waals surface area contributed by atoms with E-state index in [0.717, 1.165) is 45.0 Å². The van der Waals surface area contributed by atoms with Crippen molar-refractivity contribution in [3.63, 3.8) is 0 Å². The van der Waals surface area contributed by atoms with Crippen molar-refractivity contribution >= 4 is 28.3 Å². The summed E-state index contributed by atoms with van der Waals surface area (Å²) in [6.07, 6.45) is 2.72. The Bertz CT molecular complexity index is 921. The molecule has 0 aliphatic heterocycles. The van der Waals surface area contributed by atoms with E-state index in [1.165, 1.54) is 11.3 Å². The van der Waals surface area contributed by atoms with E-state index in [1.54, 1.807) is 13.2 Å². The number of hydrogen-bond acceptors (Lipinski definition) is 4. The maximum absolute atomic E-state index is 10.8. The van der Waals surface area contributed by atoms with Crippen molar-refractivity contribution in [1.29, 1.82) is 0 Å². The third kappa shape index (κ3) is 2.73. The van der Waals surface area contributed by atoms with E-state index in [1.807, 2.05) is 35.8 Å². The third-order valence-corrected chi connectivity index (χ3v) is 4.48. The molecule has 0 aliphatic carbocycles. The number of rotatable bonds is 4. The Morgan fingerprint density at radius 3 is 2.83 bits per heavy atom. The van der Waals surface area contributed by atoms with Gasteiger partial charge < -0.3 is 9.84 Å². The van der Waals surface area contributed by atoms with Crippen LogP contribution in [0.15, 0.2) is 29.7 Å². The Balaban J connectivity index is 2.18. The lowest BCUT2D eigenvalue weighted by atomic mass is 10.1. The molecule has 0 atom stereocenters. The molecule has 0 saturated heterocycles. The van der Waals surface area contributed by atoms with E-state index < -0.39 is 5.97 Å². The zero-order valence-electron chi connectivity index (χ0n) is 13.0. The number of hydrogen-bond donors (Lipinski definition) is 1. The first-order valence-corrected chi connectivity index (χ1v) is 7.92. The monoisotopic (exact) mass is 328 g/mol. The van der Waals surface area contributed by atoms with Crippen LogP contribution in [0.5, 0.6) is 5.75 Å². The van der Waals surface area contributed by atoms with Gasteiger partial charge in [0.1, 0.15) is 5.75 Å². The summed E-state index contributed by atoms with van der Waals surface area (Å²) in [6.45, 7) is 3.88. The zero-order chi connectivity index (χ0) is 16.6. The van der Waals surface area contributed by atoms with Gasteiger partial charge in [0.2, 0.25) is 0 Å². The molecule has 118 valence electrons. The first-order chi connectivity index (χ1) is 11.0. The van der Waals surface area contributed by atoms with Gasteiger partial charge in [0, 0.05) is 11.5 Å². The molecular weight excluding hydrogens is 312 g/mol. The third-order valence-electron chi connectivity index (χ3n) is 3.66. The van der Waals surface area contributed by atoms with Crippen molar-refractivity contribution in [3.8, 4) is 17.0 Å². The second kappa shape index (κ2) is 5.89. The number of benzene rings is 1. The summed E-state index contributed by atoms with van der Waals surface area (Å²) in [4.78, 5) is 16.2. The molecule has 0 amide bonds. The topological polar surface area (TPSA) is 63.8 Å². The Morgan fingerprint density at radius 1 is 1.39 bits per heavy atom. The van der Waals surface area contributed by atoms with Crippen LogP contribution in [-0.2, 0) is 4.79 Å². The molecule has 1 N–H and O–H groups in total. The zero-order valence-corrected chi connectivity index (χ0v) is 13.8. The highest BCUT2D eigenvalue weighted by atomic mass is 32.1. The summed E-state index contributed by atoms with van der Waals surface area (Å²) in [6, 6.07) is 5.98. The second-order valence-corrected chi connectivity index (χ2v) is 6.01. The van der Waals surface area contributed by atoms with Gasteiger partial charge in [0.15, 0.2) is 4.96 Å². The summed E-state index contributed by atoms with van der Waals surface area (Å²) in [5, 5.41) is 10.9. The number of aryl methyl sites for hydroxylation is 2. The fourth-order valence-corrected chi connectivity index (χ4v) is 3.52. The van der Waals surface area contributed by atoms with Gasteiger partial charge in [-0.3, -0.25) is 4.40 Å². The number of carboxylic acids is 1. The van der Waals surface area contributed by atoms with E-state index in [4.69, 9.17) is 9.84 Å². The largest absolute Gasteiger partial charge is 0.496 e. The smallest absolute Gasteiger partial charge is 0.328 e. The summed E-state index contributed by atoms with van der Waals surface area (Å²) >= 11 is 1.53. The van der Waals surface area contributed by atoms with Crippen LogP contribution >= 0.6 is 11.3 Å². The summed E-state index contributed by atoms with van der Waals surface area (Å²) < 4.78 is 7.29. The lowest BCUT2D eigenvalue weighted by Gasteiger charge is -2.07. The molecule has 2 aromatic heterocycles. The highest BCUT2D eigenvalue weighted by Crippen LogP contribution is 2.31. The number of aromatic nitrogens is 2. The van der Waals surface area contributed by atoms with Crippen LogP contribution in [0.25, 0.3) is 22.3 Å². The van der Waals surface area contributed by atoms with Crippen LogP contribution in [0.3, 0.4) is 0 Å². The molecule has 23 heavy (non-hydrogen) atoms. The van der Waals surface area contributed by atoms with Gasteiger partial charge in [-0.25, -0.2) is 9.78 Å². The SMILES string of the molecule is COc1ccc(-c2csc3nc(C)c(/C=C/C(=O)O)n23)cc1C. The minimum atomic E-state index is -0.976. The molecule has 5 nitrogen and oxygen atoms in total.